The Morgan fingerprint density at radius 2 is 1.94 bits per heavy atom. The fraction of sp³-hybridized carbons (Fsp3) is 0.200. The van der Waals surface area contributed by atoms with Crippen LogP contribution >= 0.6 is 15.9 Å². The van der Waals surface area contributed by atoms with Gasteiger partial charge in [0.1, 0.15) is 5.76 Å². The van der Waals surface area contributed by atoms with Gasteiger partial charge in [0.25, 0.3) is 0 Å². The van der Waals surface area contributed by atoms with Crippen LogP contribution in [-0.4, -0.2) is 11.4 Å². The van der Waals surface area contributed by atoms with E-state index in [1.165, 1.54) is 10.8 Å². The maximum Gasteiger partial charge on any atom is 0.204 e. The first-order chi connectivity index (χ1) is 8.79. The molecule has 1 N–H and O–H groups in total. The largest absolute Gasteiger partial charge is 0.468 e. The van der Waals surface area contributed by atoms with Crippen LogP contribution in [0.2, 0.25) is 0 Å². The molecular weight excluding hydrogens is 292 g/mol. The first-order valence-corrected chi connectivity index (χ1v) is 6.83. The van der Waals surface area contributed by atoms with Crippen molar-refractivity contribution in [2.75, 3.05) is 0 Å². The van der Waals surface area contributed by atoms with Gasteiger partial charge >= 0.3 is 0 Å². The van der Waals surface area contributed by atoms with E-state index in [-0.39, 0.29) is 5.92 Å². The monoisotopic (exact) mass is 304 g/mol. The van der Waals surface area contributed by atoms with Gasteiger partial charge in [0.15, 0.2) is 0 Å². The quantitative estimate of drug-likeness (QED) is 0.866. The summed E-state index contributed by atoms with van der Waals surface area (Å²) in [6.07, 6.45) is -0.0416. The van der Waals surface area contributed by atoms with E-state index in [2.05, 4.69) is 40.2 Å². The summed E-state index contributed by atoms with van der Waals surface area (Å²) in [5.74, 6) is 0.792. The molecule has 0 bridgehead atoms. The normalized spacial score (nSPS) is 25.6. The second kappa shape index (κ2) is 4.75. The number of hydrogen-bond acceptors (Lipinski definition) is 2. The van der Waals surface area contributed by atoms with E-state index < -0.39 is 6.29 Å². The molecule has 1 aliphatic rings. The lowest BCUT2D eigenvalue weighted by Crippen LogP contribution is -2.12. The molecule has 0 aliphatic carbocycles. The van der Waals surface area contributed by atoms with E-state index in [1.54, 1.807) is 4.99 Å². The van der Waals surface area contributed by atoms with E-state index in [9.17, 15) is 5.11 Å². The molecule has 0 spiro atoms. The lowest BCUT2D eigenvalue weighted by Gasteiger charge is -2.15. The molecule has 2 atom stereocenters. The highest BCUT2D eigenvalue weighted by molar-refractivity contribution is 9.11. The summed E-state index contributed by atoms with van der Waals surface area (Å²) in [5.41, 5.74) is 1.14. The highest BCUT2D eigenvalue weighted by Crippen LogP contribution is 2.39. The topological polar surface area (TPSA) is 29.5 Å². The number of aliphatic hydroxyl groups is 1. The zero-order valence-corrected chi connectivity index (χ0v) is 11.3. The molecule has 2 unspecified atom stereocenters. The summed E-state index contributed by atoms with van der Waals surface area (Å²) >= 11 is 3.26. The highest BCUT2D eigenvalue weighted by Gasteiger charge is 2.32. The fourth-order valence-electron chi connectivity index (χ4n) is 2.51. The van der Waals surface area contributed by atoms with Crippen molar-refractivity contribution in [3.63, 3.8) is 0 Å². The SMILES string of the molecule is OC1O/C(=C/Br)CC1c1cccc2ccccc12. The maximum absolute atomic E-state index is 10.0. The third-order valence-corrected chi connectivity index (χ3v) is 3.89. The second-order valence-corrected chi connectivity index (χ2v) is 4.92. The standard InChI is InChI=1S/C15H13BrO2/c16-9-11-8-14(15(17)18-11)13-7-3-5-10-4-1-2-6-12(10)13/h1-7,9,14-15,17H,8H2/b11-9+. The minimum Gasteiger partial charge on any atom is -0.468 e. The molecular formula is C15H13BrO2. The van der Waals surface area contributed by atoms with Crippen LogP contribution in [0.15, 0.2) is 53.2 Å². The Kier molecular flexibility index (Phi) is 3.10. The summed E-state index contributed by atoms with van der Waals surface area (Å²) in [6.45, 7) is 0. The smallest absolute Gasteiger partial charge is 0.204 e. The van der Waals surface area contributed by atoms with Gasteiger partial charge in [-0.25, -0.2) is 0 Å². The number of halogens is 1. The summed E-state index contributed by atoms with van der Waals surface area (Å²) in [5, 5.41) is 12.4. The fourth-order valence-corrected chi connectivity index (χ4v) is 2.81. The molecule has 0 amide bonds. The van der Waals surface area contributed by atoms with Gasteiger partial charge in [0.05, 0.1) is 5.92 Å². The van der Waals surface area contributed by atoms with Crippen molar-refractivity contribution >= 4 is 26.7 Å². The van der Waals surface area contributed by atoms with Crippen molar-refractivity contribution in [3.05, 3.63) is 58.8 Å². The second-order valence-electron chi connectivity index (χ2n) is 4.46. The first-order valence-electron chi connectivity index (χ1n) is 5.91. The van der Waals surface area contributed by atoms with Crippen molar-refractivity contribution < 1.29 is 9.84 Å². The van der Waals surface area contributed by atoms with Gasteiger partial charge in [-0.1, -0.05) is 58.4 Å². The summed E-state index contributed by atoms with van der Waals surface area (Å²) in [6, 6.07) is 14.4. The number of benzene rings is 2. The average molecular weight is 305 g/mol. The molecule has 0 radical (unpaired) electrons. The Hall–Kier alpha value is -1.32. The van der Waals surface area contributed by atoms with Gasteiger partial charge in [-0.2, -0.15) is 0 Å². The van der Waals surface area contributed by atoms with E-state index in [1.807, 2.05) is 18.2 Å². The third-order valence-electron chi connectivity index (χ3n) is 3.38. The van der Waals surface area contributed by atoms with Crippen LogP contribution in [0.25, 0.3) is 10.8 Å². The van der Waals surface area contributed by atoms with Crippen LogP contribution in [0.3, 0.4) is 0 Å². The molecule has 3 rings (SSSR count). The predicted octanol–water partition coefficient (Wildman–Crippen LogP) is 3.90. The van der Waals surface area contributed by atoms with Gasteiger partial charge < -0.3 is 9.84 Å². The molecule has 2 aromatic rings. The molecule has 92 valence electrons. The Balaban J connectivity index is 2.10. The maximum atomic E-state index is 10.0. The number of aliphatic hydroxyl groups excluding tert-OH is 1. The Bertz CT molecular complexity index is 601. The van der Waals surface area contributed by atoms with Crippen LogP contribution in [0.5, 0.6) is 0 Å². The van der Waals surface area contributed by atoms with Crippen molar-refractivity contribution in [3.8, 4) is 0 Å². The molecule has 2 aromatic carbocycles. The van der Waals surface area contributed by atoms with Gasteiger partial charge in [0.2, 0.25) is 6.29 Å². The number of allylic oxidation sites excluding steroid dienone is 1. The molecule has 1 heterocycles. The molecule has 0 saturated carbocycles. The molecule has 2 nitrogen and oxygen atoms in total. The highest BCUT2D eigenvalue weighted by atomic mass is 79.9. The number of fused-ring (bicyclic) bond motifs is 1. The van der Waals surface area contributed by atoms with Crippen LogP contribution in [0, 0.1) is 0 Å². The van der Waals surface area contributed by atoms with Crippen LogP contribution in [0.4, 0.5) is 0 Å². The third kappa shape index (κ3) is 1.93. The van der Waals surface area contributed by atoms with Crippen molar-refractivity contribution in [1.82, 2.24) is 0 Å². The molecule has 1 fully saturated rings. The van der Waals surface area contributed by atoms with Crippen LogP contribution in [0.1, 0.15) is 17.9 Å². The molecule has 1 saturated heterocycles. The lowest BCUT2D eigenvalue weighted by atomic mass is 9.91. The van der Waals surface area contributed by atoms with Crippen molar-refractivity contribution in [1.29, 1.82) is 0 Å². The summed E-state index contributed by atoms with van der Waals surface area (Å²) in [7, 11) is 0. The zero-order chi connectivity index (χ0) is 12.5. The van der Waals surface area contributed by atoms with E-state index >= 15 is 0 Å². The molecule has 3 heteroatoms. The minimum absolute atomic E-state index is 0.0000926. The van der Waals surface area contributed by atoms with Crippen molar-refractivity contribution in [2.24, 2.45) is 0 Å². The Morgan fingerprint density at radius 3 is 2.72 bits per heavy atom. The van der Waals surface area contributed by atoms with E-state index in [4.69, 9.17) is 4.74 Å². The van der Waals surface area contributed by atoms with E-state index in [0.29, 0.717) is 0 Å². The van der Waals surface area contributed by atoms with E-state index in [0.717, 1.165) is 17.7 Å². The Labute approximate surface area is 114 Å². The minimum atomic E-state index is -0.764. The first kappa shape index (κ1) is 11.8. The molecule has 0 aromatic heterocycles. The van der Waals surface area contributed by atoms with Crippen molar-refractivity contribution in [2.45, 2.75) is 18.6 Å². The lowest BCUT2D eigenvalue weighted by molar-refractivity contribution is -0.0455. The number of hydrogen-bond donors (Lipinski definition) is 1. The zero-order valence-electron chi connectivity index (χ0n) is 9.71. The van der Waals surface area contributed by atoms with Crippen LogP contribution in [-0.2, 0) is 4.74 Å². The average Bonchev–Trinajstić information content (AvgIpc) is 2.79. The molecule has 1 aliphatic heterocycles. The van der Waals surface area contributed by atoms with Gasteiger partial charge in [-0.3, -0.25) is 0 Å². The number of rotatable bonds is 1. The Morgan fingerprint density at radius 1 is 1.17 bits per heavy atom. The van der Waals surface area contributed by atoms with Gasteiger partial charge in [-0.05, 0) is 16.3 Å². The van der Waals surface area contributed by atoms with Gasteiger partial charge in [-0.15, -0.1) is 0 Å². The number of ether oxygens (including phenoxy) is 1. The predicted molar refractivity (Wildman–Crippen MR) is 75.4 cm³/mol. The summed E-state index contributed by atoms with van der Waals surface area (Å²) in [4.78, 5) is 1.74. The summed E-state index contributed by atoms with van der Waals surface area (Å²) < 4.78 is 5.40. The van der Waals surface area contributed by atoms with Crippen LogP contribution < -0.4 is 0 Å². The molecule has 18 heavy (non-hydrogen) atoms. The van der Waals surface area contributed by atoms with Gasteiger partial charge in [0, 0.05) is 11.4 Å².